The van der Waals surface area contributed by atoms with Crippen LogP contribution in [0, 0.1) is 47.3 Å². The molecule has 5 aliphatic carbocycles. The van der Waals surface area contributed by atoms with Gasteiger partial charge in [0.25, 0.3) is 0 Å². The van der Waals surface area contributed by atoms with Crippen molar-refractivity contribution in [3.8, 4) is 0 Å². The third-order valence-electron chi connectivity index (χ3n) is 15.3. The second kappa shape index (κ2) is 13.4. The maximum atomic E-state index is 7.69. The summed E-state index contributed by atoms with van der Waals surface area (Å²) >= 11 is 0. The minimum Gasteiger partial charge on any atom is -0.367 e. The van der Waals surface area contributed by atoms with Gasteiger partial charge in [0.15, 0.2) is 0 Å². The Kier molecular flexibility index (Phi) is 9.45. The predicted octanol–water partition coefficient (Wildman–Crippen LogP) is 7.28. The smallest absolute Gasteiger partial charge is 0.0771 e. The first-order valence-electron chi connectivity index (χ1n) is 20.4. The molecule has 0 aromatic carbocycles. The SMILES string of the molecule is CC(C)=CCC/C(C)=C/CN1CCN(CCC23OC4(CCN5CCN(C/C=C(\C)CCC=C(C)C)CC5)C5C6CC(C7C6C4C72)C53)CC1. The summed E-state index contributed by atoms with van der Waals surface area (Å²) in [7, 11) is 0. The van der Waals surface area contributed by atoms with Crippen molar-refractivity contribution in [3.63, 3.8) is 0 Å². The van der Waals surface area contributed by atoms with Gasteiger partial charge in [-0.1, -0.05) is 46.6 Å². The fraction of sp³-hybridized carbons (Fsp3) is 0.814. The molecule has 4 heterocycles. The molecule has 5 heteroatoms. The minimum atomic E-state index is 0.253. The van der Waals surface area contributed by atoms with Crippen molar-refractivity contribution < 1.29 is 4.74 Å². The van der Waals surface area contributed by atoms with Gasteiger partial charge < -0.3 is 14.5 Å². The van der Waals surface area contributed by atoms with E-state index in [1.54, 1.807) is 17.6 Å². The van der Waals surface area contributed by atoms with Crippen LogP contribution in [0.25, 0.3) is 0 Å². The van der Waals surface area contributed by atoms with Crippen LogP contribution in [-0.4, -0.2) is 109 Å². The van der Waals surface area contributed by atoms with E-state index in [1.807, 2.05) is 0 Å². The van der Waals surface area contributed by atoms with E-state index in [2.05, 4.69) is 85.4 Å². The molecule has 5 saturated carbocycles. The van der Waals surface area contributed by atoms with E-state index >= 15 is 0 Å². The molecule has 5 nitrogen and oxygen atoms in total. The van der Waals surface area contributed by atoms with Gasteiger partial charge in [-0.15, -0.1) is 0 Å². The highest BCUT2D eigenvalue weighted by Gasteiger charge is 2.96. The van der Waals surface area contributed by atoms with Gasteiger partial charge in [-0.25, -0.2) is 0 Å². The quantitative estimate of drug-likeness (QED) is 0.163. The van der Waals surface area contributed by atoms with Crippen molar-refractivity contribution in [1.82, 2.24) is 19.6 Å². The van der Waals surface area contributed by atoms with Crippen molar-refractivity contribution in [2.75, 3.05) is 78.5 Å². The molecule has 4 aliphatic heterocycles. The van der Waals surface area contributed by atoms with Gasteiger partial charge in [-0.3, -0.25) is 9.80 Å². The van der Waals surface area contributed by atoms with Gasteiger partial charge in [0.2, 0.25) is 0 Å². The lowest BCUT2D eigenvalue weighted by Crippen LogP contribution is -2.54. The van der Waals surface area contributed by atoms with E-state index in [4.69, 9.17) is 4.74 Å². The average molecular weight is 657 g/mol. The molecule has 0 N–H and O–H groups in total. The summed E-state index contributed by atoms with van der Waals surface area (Å²) in [6.07, 6.45) is 18.7. The molecule has 0 aromatic rings. The molecular formula is C43H68N4O. The number of piperazine rings is 2. The van der Waals surface area contributed by atoms with Crippen LogP contribution in [0.1, 0.15) is 86.5 Å². The van der Waals surface area contributed by atoms with E-state index < -0.39 is 0 Å². The molecule has 0 aromatic heterocycles. The molecule has 10 unspecified atom stereocenters. The lowest BCUT2D eigenvalue weighted by atomic mass is 9.54. The zero-order chi connectivity index (χ0) is 33.2. The molecule has 0 spiro atoms. The lowest BCUT2D eigenvalue weighted by molar-refractivity contribution is -0.0866. The second-order valence-electron chi connectivity index (χ2n) is 18.4. The van der Waals surface area contributed by atoms with Crippen LogP contribution in [0.3, 0.4) is 0 Å². The van der Waals surface area contributed by atoms with Gasteiger partial charge in [-0.05, 0) is 134 Å². The van der Waals surface area contributed by atoms with E-state index in [0.29, 0.717) is 0 Å². The number of nitrogens with zero attached hydrogens (tertiary/aromatic N) is 4. The van der Waals surface area contributed by atoms with E-state index in [-0.39, 0.29) is 11.2 Å². The van der Waals surface area contributed by atoms with Crippen molar-refractivity contribution in [2.24, 2.45) is 47.3 Å². The van der Waals surface area contributed by atoms with Crippen LogP contribution in [0.4, 0.5) is 0 Å². The highest BCUT2D eigenvalue weighted by Crippen LogP contribution is 2.93. The molecule has 10 atom stereocenters. The standard InChI is InChI=1S/C43H68N4O/c1-30(2)9-7-11-32(5)13-17-44-21-25-46(26-22-44)19-15-42-38-34-29-35-37-36(34)40(42)41(37)43(48-42,39(35)38)16-20-47-27-23-45(24-28-47)18-14-33(6)12-8-10-31(3)4/h9-10,13-14,34-41H,7-8,11-12,15-29H2,1-6H3/b32-13+,33-14+. The van der Waals surface area contributed by atoms with Crippen LogP contribution in [0.5, 0.6) is 0 Å². The largest absolute Gasteiger partial charge is 0.367 e. The average Bonchev–Trinajstić information content (AvgIpc) is 3.75. The third kappa shape index (κ3) is 5.69. The number of ether oxygens (including phenoxy) is 1. The maximum absolute atomic E-state index is 7.69. The van der Waals surface area contributed by atoms with E-state index in [0.717, 1.165) is 60.4 Å². The Morgan fingerprint density at radius 3 is 1.33 bits per heavy atom. The Morgan fingerprint density at radius 1 is 0.542 bits per heavy atom. The normalized spacial score (nSPS) is 41.6. The topological polar surface area (TPSA) is 22.2 Å². The van der Waals surface area contributed by atoms with Crippen molar-refractivity contribution in [3.05, 3.63) is 46.6 Å². The van der Waals surface area contributed by atoms with Crippen molar-refractivity contribution in [2.45, 2.75) is 97.7 Å². The van der Waals surface area contributed by atoms with E-state index in [9.17, 15) is 0 Å². The van der Waals surface area contributed by atoms with Crippen LogP contribution in [0.15, 0.2) is 46.6 Å². The minimum absolute atomic E-state index is 0.253. The molecule has 0 radical (unpaired) electrons. The fourth-order valence-corrected chi connectivity index (χ4v) is 13.3. The zero-order valence-electron chi connectivity index (χ0n) is 31.6. The number of hydrogen-bond acceptors (Lipinski definition) is 5. The molecule has 0 amide bonds. The number of hydrogen-bond donors (Lipinski definition) is 0. The monoisotopic (exact) mass is 657 g/mol. The van der Waals surface area contributed by atoms with Crippen molar-refractivity contribution in [1.29, 1.82) is 0 Å². The van der Waals surface area contributed by atoms with Gasteiger partial charge in [0, 0.05) is 78.5 Å². The number of rotatable bonds is 16. The summed E-state index contributed by atoms with van der Waals surface area (Å²) in [4.78, 5) is 11.0. The second-order valence-corrected chi connectivity index (χ2v) is 18.4. The molecule has 4 saturated heterocycles. The van der Waals surface area contributed by atoms with Crippen LogP contribution >= 0.6 is 0 Å². The lowest BCUT2D eigenvalue weighted by Gasteiger charge is -2.48. The molecule has 48 heavy (non-hydrogen) atoms. The first-order chi connectivity index (χ1) is 23.2. The number of allylic oxidation sites excluding steroid dienone is 6. The Morgan fingerprint density at radius 2 is 0.938 bits per heavy atom. The van der Waals surface area contributed by atoms with Gasteiger partial charge in [-0.2, -0.15) is 0 Å². The van der Waals surface area contributed by atoms with Crippen LogP contribution in [0.2, 0.25) is 0 Å². The summed E-state index contributed by atoms with van der Waals surface area (Å²) in [5.41, 5.74) is 6.48. The Hall–Kier alpha value is -1.24. The Bertz CT molecular complexity index is 1210. The fourth-order valence-electron chi connectivity index (χ4n) is 13.3. The first-order valence-corrected chi connectivity index (χ1v) is 20.4. The highest BCUT2D eigenvalue weighted by atomic mass is 16.5. The molecule has 266 valence electrons. The zero-order valence-corrected chi connectivity index (χ0v) is 31.6. The van der Waals surface area contributed by atoms with E-state index in [1.165, 1.54) is 115 Å². The van der Waals surface area contributed by atoms with Crippen molar-refractivity contribution >= 4 is 0 Å². The predicted molar refractivity (Wildman–Crippen MR) is 199 cm³/mol. The highest BCUT2D eigenvalue weighted by molar-refractivity contribution is 5.43. The summed E-state index contributed by atoms with van der Waals surface area (Å²) in [6, 6.07) is 0. The van der Waals surface area contributed by atoms with Gasteiger partial charge in [0.1, 0.15) is 0 Å². The summed E-state index contributed by atoms with van der Waals surface area (Å²) < 4.78 is 7.69. The Labute approximate surface area is 293 Å². The molecule has 9 fully saturated rings. The molecule has 4 bridgehead atoms. The molecule has 9 rings (SSSR count). The molecular weight excluding hydrogens is 589 g/mol. The van der Waals surface area contributed by atoms with Gasteiger partial charge >= 0.3 is 0 Å². The van der Waals surface area contributed by atoms with Gasteiger partial charge in [0.05, 0.1) is 11.2 Å². The summed E-state index contributed by atoms with van der Waals surface area (Å²) in [5.74, 6) is 7.83. The van der Waals surface area contributed by atoms with Crippen LogP contribution < -0.4 is 0 Å². The Balaban J connectivity index is 0.810. The molecule has 9 aliphatic rings. The van der Waals surface area contributed by atoms with Crippen LogP contribution in [-0.2, 0) is 4.74 Å². The summed E-state index contributed by atoms with van der Waals surface area (Å²) in [6.45, 7) is 28.1. The first kappa shape index (κ1) is 33.9. The third-order valence-corrected chi connectivity index (χ3v) is 15.3. The summed E-state index contributed by atoms with van der Waals surface area (Å²) in [5, 5.41) is 0. The maximum Gasteiger partial charge on any atom is 0.0771 e.